The number of carbonyl (C=O) groups excluding carboxylic acids is 2. The summed E-state index contributed by atoms with van der Waals surface area (Å²) in [6.07, 6.45) is 3.72. The number of para-hydroxylation sites is 1. The fraction of sp³-hybridized carbons (Fsp3) is 0.520. The maximum absolute atomic E-state index is 14.0. The van der Waals surface area contributed by atoms with Gasteiger partial charge in [0.2, 0.25) is 17.4 Å². The molecule has 2 N–H and O–H groups in total. The van der Waals surface area contributed by atoms with Gasteiger partial charge in [-0.25, -0.2) is 4.39 Å². The molecule has 0 aliphatic carbocycles. The number of likely N-dealkylation sites (N-methyl/N-ethyl adjacent to an activating group) is 1. The van der Waals surface area contributed by atoms with Gasteiger partial charge in [0.05, 0.1) is 23.7 Å². The molecule has 1 unspecified atom stereocenters. The number of halogens is 1. The first-order chi connectivity index (χ1) is 17.4. The van der Waals surface area contributed by atoms with E-state index in [0.717, 1.165) is 6.42 Å². The molecule has 1 aliphatic rings. The Morgan fingerprint density at radius 3 is 2.78 bits per heavy atom. The number of nitrogens with zero attached hydrogens (tertiary/aromatic N) is 3. The van der Waals surface area contributed by atoms with E-state index < -0.39 is 17.9 Å². The molecule has 2 aromatic rings. The molecule has 1 aliphatic heterocycles. The smallest absolute Gasteiger partial charge is 0.245 e. The van der Waals surface area contributed by atoms with Crippen molar-refractivity contribution in [3.05, 3.63) is 35.1 Å². The van der Waals surface area contributed by atoms with Gasteiger partial charge < -0.3 is 24.8 Å². The van der Waals surface area contributed by atoms with Crippen LogP contribution in [0.5, 0.6) is 0 Å². The van der Waals surface area contributed by atoms with Crippen LogP contribution < -0.4 is 10.6 Å². The Morgan fingerprint density at radius 2 is 2.11 bits per heavy atom. The molecule has 196 valence electrons. The van der Waals surface area contributed by atoms with Crippen molar-refractivity contribution in [3.63, 3.8) is 0 Å². The van der Waals surface area contributed by atoms with Gasteiger partial charge in [0.15, 0.2) is 5.82 Å². The largest absolute Gasteiger partial charge is 0.381 e. The van der Waals surface area contributed by atoms with Gasteiger partial charge >= 0.3 is 0 Å². The molecule has 1 fully saturated rings. The van der Waals surface area contributed by atoms with E-state index in [-0.39, 0.29) is 29.9 Å². The highest BCUT2D eigenvalue weighted by Crippen LogP contribution is 2.27. The number of amides is 2. The summed E-state index contributed by atoms with van der Waals surface area (Å²) in [5.41, 5.74) is 0.783. The third-order valence-corrected chi connectivity index (χ3v) is 6.52. The molecule has 3 rings (SSSR count). The number of aromatic nitrogens is 1. The van der Waals surface area contributed by atoms with E-state index in [2.05, 4.69) is 33.4 Å². The number of thiol groups is 1. The SMILES string of the molecule is CCCN(CC=N/C(=C\S)c1noc2c(F)cccc12)C(=O)C(NC(=O)[C@H](C)NC)C1CCOCC1. The van der Waals surface area contributed by atoms with Gasteiger partial charge in [0.1, 0.15) is 11.7 Å². The fourth-order valence-electron chi connectivity index (χ4n) is 4.10. The van der Waals surface area contributed by atoms with Gasteiger partial charge in [0, 0.05) is 26.0 Å². The van der Waals surface area contributed by atoms with Crippen LogP contribution in [0, 0.1) is 11.7 Å². The average Bonchev–Trinajstić information content (AvgIpc) is 3.34. The Balaban J connectivity index is 1.78. The lowest BCUT2D eigenvalue weighted by Gasteiger charge is -2.34. The predicted molar refractivity (Wildman–Crippen MR) is 140 cm³/mol. The topological polar surface area (TPSA) is 109 Å². The standard InChI is InChI=1S/C25H34FN5O4S/c1-4-11-31(25(33)21(17-8-13-34-14-9-17)29-24(32)16(2)27-3)12-10-28-20(15-36)22-18-6-5-7-19(26)23(18)35-30-22/h5-7,10,15-17,21,27,36H,4,8-9,11-14H2,1-3H3,(H,29,32)/b20-15-,28-10?/t16-,21?/m0/s1. The van der Waals surface area contributed by atoms with Crippen molar-refractivity contribution in [1.29, 1.82) is 0 Å². The van der Waals surface area contributed by atoms with Crippen LogP contribution in [0.2, 0.25) is 0 Å². The zero-order valence-corrected chi connectivity index (χ0v) is 21.8. The number of nitrogens with one attached hydrogen (secondary N) is 2. The summed E-state index contributed by atoms with van der Waals surface area (Å²) in [4.78, 5) is 32.4. The number of fused-ring (bicyclic) bond motifs is 1. The van der Waals surface area contributed by atoms with E-state index >= 15 is 0 Å². The predicted octanol–water partition coefficient (Wildman–Crippen LogP) is 3.02. The van der Waals surface area contributed by atoms with E-state index in [1.54, 1.807) is 37.2 Å². The molecular weight excluding hydrogens is 485 g/mol. The fourth-order valence-corrected chi connectivity index (χ4v) is 4.29. The summed E-state index contributed by atoms with van der Waals surface area (Å²) in [6.45, 7) is 5.58. The van der Waals surface area contributed by atoms with E-state index in [1.165, 1.54) is 11.5 Å². The molecule has 36 heavy (non-hydrogen) atoms. The molecule has 0 bridgehead atoms. The second kappa shape index (κ2) is 13.5. The van der Waals surface area contributed by atoms with Crippen LogP contribution in [-0.4, -0.2) is 73.5 Å². The van der Waals surface area contributed by atoms with Crippen LogP contribution in [0.4, 0.5) is 4.39 Å². The van der Waals surface area contributed by atoms with E-state index in [0.29, 0.717) is 49.4 Å². The Labute approximate surface area is 215 Å². The van der Waals surface area contributed by atoms with Crippen LogP contribution in [0.3, 0.4) is 0 Å². The van der Waals surface area contributed by atoms with Crippen molar-refractivity contribution in [2.45, 2.75) is 45.2 Å². The van der Waals surface area contributed by atoms with Crippen molar-refractivity contribution >= 4 is 47.3 Å². The number of aliphatic imine (C=N–C) groups is 1. The van der Waals surface area contributed by atoms with Crippen LogP contribution in [-0.2, 0) is 14.3 Å². The highest BCUT2D eigenvalue weighted by atomic mass is 32.1. The number of benzene rings is 1. The van der Waals surface area contributed by atoms with Gasteiger partial charge in [0.25, 0.3) is 0 Å². The zero-order valence-electron chi connectivity index (χ0n) is 20.9. The van der Waals surface area contributed by atoms with Gasteiger partial charge in [-0.15, -0.1) is 12.6 Å². The maximum Gasteiger partial charge on any atom is 0.245 e. The first-order valence-electron chi connectivity index (χ1n) is 12.2. The number of carbonyl (C=O) groups is 2. The summed E-state index contributed by atoms with van der Waals surface area (Å²) in [7, 11) is 1.70. The Kier molecular flexibility index (Phi) is 10.4. The molecule has 9 nitrogen and oxygen atoms in total. The summed E-state index contributed by atoms with van der Waals surface area (Å²) >= 11 is 4.23. The lowest BCUT2D eigenvalue weighted by Crippen LogP contribution is -2.56. The normalized spacial score (nSPS) is 16.9. The summed E-state index contributed by atoms with van der Waals surface area (Å²) < 4.78 is 24.6. The van der Waals surface area contributed by atoms with Crippen molar-refractivity contribution in [1.82, 2.24) is 20.7 Å². The third-order valence-electron chi connectivity index (χ3n) is 6.28. The zero-order chi connectivity index (χ0) is 26.1. The molecule has 1 aromatic heterocycles. The minimum Gasteiger partial charge on any atom is -0.381 e. The van der Waals surface area contributed by atoms with Crippen LogP contribution in [0.15, 0.2) is 33.1 Å². The first-order valence-corrected chi connectivity index (χ1v) is 12.7. The summed E-state index contributed by atoms with van der Waals surface area (Å²) in [5, 5.41) is 11.8. The molecule has 0 spiro atoms. The Morgan fingerprint density at radius 1 is 1.36 bits per heavy atom. The third kappa shape index (κ3) is 6.71. The average molecular weight is 520 g/mol. The molecule has 11 heteroatoms. The molecule has 2 amide bonds. The lowest BCUT2D eigenvalue weighted by atomic mass is 9.90. The van der Waals surface area contributed by atoms with Crippen molar-refractivity contribution in [2.24, 2.45) is 10.9 Å². The summed E-state index contributed by atoms with van der Waals surface area (Å²) in [5.74, 6) is -0.905. The van der Waals surface area contributed by atoms with Gasteiger partial charge in [-0.2, -0.15) is 0 Å². The van der Waals surface area contributed by atoms with E-state index in [9.17, 15) is 14.0 Å². The van der Waals surface area contributed by atoms with Gasteiger partial charge in [-0.05, 0) is 56.7 Å². The molecule has 0 radical (unpaired) electrons. The first kappa shape index (κ1) is 27.8. The molecule has 2 heterocycles. The Bertz CT molecular complexity index is 1100. The van der Waals surface area contributed by atoms with Crippen molar-refractivity contribution in [2.75, 3.05) is 33.4 Å². The molecule has 2 atom stereocenters. The summed E-state index contributed by atoms with van der Waals surface area (Å²) in [6, 6.07) is 3.48. The second-order valence-corrected chi connectivity index (χ2v) is 8.96. The van der Waals surface area contributed by atoms with Crippen LogP contribution in [0.1, 0.15) is 38.8 Å². The highest BCUT2D eigenvalue weighted by molar-refractivity contribution is 7.83. The van der Waals surface area contributed by atoms with Crippen LogP contribution >= 0.6 is 12.6 Å². The lowest BCUT2D eigenvalue weighted by molar-refractivity contribution is -0.138. The monoisotopic (exact) mass is 519 g/mol. The number of hydrogen-bond donors (Lipinski definition) is 3. The molecule has 1 saturated heterocycles. The van der Waals surface area contributed by atoms with E-state index in [4.69, 9.17) is 9.26 Å². The minimum absolute atomic E-state index is 0.0140. The molecule has 0 saturated carbocycles. The minimum atomic E-state index is -0.653. The molecular formula is C25H34FN5O4S. The second-order valence-electron chi connectivity index (χ2n) is 8.70. The molecule has 1 aromatic carbocycles. The highest BCUT2D eigenvalue weighted by Gasteiger charge is 2.34. The van der Waals surface area contributed by atoms with Gasteiger partial charge in [-0.3, -0.25) is 14.6 Å². The van der Waals surface area contributed by atoms with Gasteiger partial charge in [-0.1, -0.05) is 18.1 Å². The quantitative estimate of drug-likeness (QED) is 0.311. The van der Waals surface area contributed by atoms with Crippen molar-refractivity contribution in [3.8, 4) is 0 Å². The van der Waals surface area contributed by atoms with E-state index in [1.807, 2.05) is 6.92 Å². The van der Waals surface area contributed by atoms with Crippen LogP contribution in [0.25, 0.3) is 16.7 Å². The van der Waals surface area contributed by atoms with Crippen molar-refractivity contribution < 1.29 is 23.2 Å². The maximum atomic E-state index is 14.0. The number of hydrogen-bond acceptors (Lipinski definition) is 8. The number of rotatable bonds is 11. The Hall–Kier alpha value is -2.76. The number of ether oxygens (including phenoxy) is 1.